The van der Waals surface area contributed by atoms with Crippen molar-refractivity contribution in [2.45, 2.75) is 32.2 Å². The summed E-state index contributed by atoms with van der Waals surface area (Å²) in [5, 5.41) is 6.19. The van der Waals surface area contributed by atoms with E-state index in [1.54, 1.807) is 0 Å². The molecule has 1 saturated heterocycles. The Morgan fingerprint density at radius 2 is 2.38 bits per heavy atom. The van der Waals surface area contributed by atoms with Crippen LogP contribution in [0.2, 0.25) is 5.15 Å². The zero-order chi connectivity index (χ0) is 14.8. The molecule has 3 rings (SSSR count). The fourth-order valence-corrected chi connectivity index (χ4v) is 2.84. The SMILES string of the molecule is CCC1CCNC(C(=O)Nc2nc(Cl)c3[nH]cnc3n2)C1. The van der Waals surface area contributed by atoms with Crippen LogP contribution in [0.5, 0.6) is 0 Å². The van der Waals surface area contributed by atoms with Gasteiger partial charge in [-0.25, -0.2) is 4.98 Å². The number of halogens is 1. The van der Waals surface area contributed by atoms with Gasteiger partial charge in [0.2, 0.25) is 11.9 Å². The predicted molar refractivity (Wildman–Crippen MR) is 80.1 cm³/mol. The molecule has 2 atom stereocenters. The van der Waals surface area contributed by atoms with E-state index in [0.717, 1.165) is 25.8 Å². The van der Waals surface area contributed by atoms with Gasteiger partial charge in [0.25, 0.3) is 0 Å². The molecule has 112 valence electrons. The molecular formula is C13H17ClN6O. The molecular weight excluding hydrogens is 292 g/mol. The first-order valence-electron chi connectivity index (χ1n) is 7.08. The number of carbonyl (C=O) groups is 1. The van der Waals surface area contributed by atoms with Crippen LogP contribution >= 0.6 is 11.6 Å². The van der Waals surface area contributed by atoms with Crippen molar-refractivity contribution in [1.82, 2.24) is 25.3 Å². The number of nitrogens with zero attached hydrogens (tertiary/aromatic N) is 3. The Morgan fingerprint density at radius 1 is 1.52 bits per heavy atom. The van der Waals surface area contributed by atoms with E-state index < -0.39 is 0 Å². The summed E-state index contributed by atoms with van der Waals surface area (Å²) < 4.78 is 0. The third kappa shape index (κ3) is 2.98. The van der Waals surface area contributed by atoms with Crippen LogP contribution in [0, 0.1) is 5.92 Å². The maximum Gasteiger partial charge on any atom is 0.243 e. The Bertz CT molecular complexity index is 657. The Balaban J connectivity index is 1.73. The summed E-state index contributed by atoms with van der Waals surface area (Å²) in [5.74, 6) is 0.643. The van der Waals surface area contributed by atoms with Crippen LogP contribution in [0.15, 0.2) is 6.33 Å². The first-order valence-corrected chi connectivity index (χ1v) is 7.46. The summed E-state index contributed by atoms with van der Waals surface area (Å²) in [4.78, 5) is 27.4. The van der Waals surface area contributed by atoms with Crippen molar-refractivity contribution in [2.24, 2.45) is 5.92 Å². The standard InChI is InChI=1S/C13H17ClN6O/c1-2-7-3-4-15-8(5-7)12(21)20-13-18-10(14)9-11(19-13)17-6-16-9/h6-8,15H,2-5H2,1H3,(H2,16,17,18,19,20,21). The molecule has 0 bridgehead atoms. The van der Waals surface area contributed by atoms with Gasteiger partial charge in [-0.15, -0.1) is 0 Å². The van der Waals surface area contributed by atoms with Gasteiger partial charge >= 0.3 is 0 Å². The van der Waals surface area contributed by atoms with Crippen LogP contribution in [0.1, 0.15) is 26.2 Å². The van der Waals surface area contributed by atoms with Crippen molar-refractivity contribution in [2.75, 3.05) is 11.9 Å². The molecule has 0 spiro atoms. The van der Waals surface area contributed by atoms with Gasteiger partial charge in [0.05, 0.1) is 12.4 Å². The van der Waals surface area contributed by atoms with E-state index in [-0.39, 0.29) is 23.1 Å². The van der Waals surface area contributed by atoms with Crippen molar-refractivity contribution in [1.29, 1.82) is 0 Å². The molecule has 8 heteroatoms. The normalized spacial score (nSPS) is 22.4. The Morgan fingerprint density at radius 3 is 3.19 bits per heavy atom. The van der Waals surface area contributed by atoms with Gasteiger partial charge in [-0.05, 0) is 25.3 Å². The fraction of sp³-hybridized carbons (Fsp3) is 0.538. The van der Waals surface area contributed by atoms with E-state index in [2.05, 4.69) is 37.5 Å². The number of hydrogen-bond donors (Lipinski definition) is 3. The topological polar surface area (TPSA) is 95.6 Å². The van der Waals surface area contributed by atoms with E-state index in [0.29, 0.717) is 17.1 Å². The number of H-pyrrole nitrogens is 1. The molecule has 0 aromatic carbocycles. The second kappa shape index (κ2) is 5.95. The van der Waals surface area contributed by atoms with Crippen LogP contribution in [-0.2, 0) is 4.79 Å². The minimum absolute atomic E-state index is 0.126. The van der Waals surface area contributed by atoms with E-state index >= 15 is 0 Å². The molecule has 1 fully saturated rings. The maximum atomic E-state index is 12.3. The zero-order valence-electron chi connectivity index (χ0n) is 11.7. The third-order valence-corrected chi connectivity index (χ3v) is 4.16. The molecule has 2 unspecified atom stereocenters. The molecule has 3 N–H and O–H groups in total. The van der Waals surface area contributed by atoms with E-state index in [1.807, 2.05) is 0 Å². The van der Waals surface area contributed by atoms with E-state index in [4.69, 9.17) is 11.6 Å². The van der Waals surface area contributed by atoms with Crippen molar-refractivity contribution in [3.05, 3.63) is 11.5 Å². The second-order valence-electron chi connectivity index (χ2n) is 5.23. The number of amides is 1. The van der Waals surface area contributed by atoms with Gasteiger partial charge in [0.15, 0.2) is 10.8 Å². The highest BCUT2D eigenvalue weighted by molar-refractivity contribution is 6.33. The number of aromatic amines is 1. The number of nitrogens with one attached hydrogen (secondary N) is 3. The number of fused-ring (bicyclic) bond motifs is 1. The first kappa shape index (κ1) is 14.2. The lowest BCUT2D eigenvalue weighted by Gasteiger charge is -2.28. The third-order valence-electron chi connectivity index (χ3n) is 3.88. The van der Waals surface area contributed by atoms with Crippen LogP contribution in [-0.4, -0.2) is 38.4 Å². The maximum absolute atomic E-state index is 12.3. The molecule has 1 aliphatic heterocycles. The summed E-state index contributed by atoms with van der Waals surface area (Å²) in [7, 11) is 0. The van der Waals surface area contributed by atoms with Crippen LogP contribution in [0.4, 0.5) is 5.95 Å². The number of carbonyl (C=O) groups excluding carboxylic acids is 1. The number of piperidine rings is 1. The molecule has 21 heavy (non-hydrogen) atoms. The predicted octanol–water partition coefficient (Wildman–Crippen LogP) is 1.72. The number of aromatic nitrogens is 4. The molecule has 7 nitrogen and oxygen atoms in total. The quantitative estimate of drug-likeness (QED) is 0.750. The number of hydrogen-bond acceptors (Lipinski definition) is 5. The second-order valence-corrected chi connectivity index (χ2v) is 5.59. The van der Waals surface area contributed by atoms with Crippen LogP contribution in [0.3, 0.4) is 0 Å². The fourth-order valence-electron chi connectivity index (χ4n) is 2.62. The van der Waals surface area contributed by atoms with Gasteiger partial charge in [-0.3, -0.25) is 10.1 Å². The number of imidazole rings is 1. The highest BCUT2D eigenvalue weighted by Gasteiger charge is 2.26. The molecule has 1 aliphatic rings. The van der Waals surface area contributed by atoms with Crippen molar-refractivity contribution in [3.8, 4) is 0 Å². The lowest BCUT2D eigenvalue weighted by atomic mass is 9.90. The van der Waals surface area contributed by atoms with Crippen molar-refractivity contribution < 1.29 is 4.79 Å². The molecule has 0 radical (unpaired) electrons. The summed E-state index contributed by atoms with van der Waals surface area (Å²) in [6, 6.07) is -0.207. The number of rotatable bonds is 3. The molecule has 2 aromatic rings. The average Bonchev–Trinajstić information content (AvgIpc) is 2.96. The van der Waals surface area contributed by atoms with Crippen molar-refractivity contribution >= 4 is 34.6 Å². The van der Waals surface area contributed by atoms with Crippen LogP contribution in [0.25, 0.3) is 11.2 Å². The summed E-state index contributed by atoms with van der Waals surface area (Å²) in [5.41, 5.74) is 1.00. The van der Waals surface area contributed by atoms with Crippen molar-refractivity contribution in [3.63, 3.8) is 0 Å². The molecule has 0 saturated carbocycles. The average molecular weight is 309 g/mol. The lowest BCUT2D eigenvalue weighted by Crippen LogP contribution is -2.46. The molecule has 1 amide bonds. The van der Waals surface area contributed by atoms with Crippen LogP contribution < -0.4 is 10.6 Å². The Kier molecular flexibility index (Phi) is 4.03. The lowest BCUT2D eigenvalue weighted by molar-refractivity contribution is -0.119. The Labute approximate surface area is 126 Å². The highest BCUT2D eigenvalue weighted by Crippen LogP contribution is 2.21. The van der Waals surface area contributed by atoms with E-state index in [1.165, 1.54) is 6.33 Å². The smallest absolute Gasteiger partial charge is 0.243 e. The van der Waals surface area contributed by atoms with Gasteiger partial charge in [-0.1, -0.05) is 24.9 Å². The van der Waals surface area contributed by atoms with Gasteiger partial charge in [0, 0.05) is 0 Å². The molecule has 3 heterocycles. The molecule has 0 aliphatic carbocycles. The minimum atomic E-state index is -0.207. The summed E-state index contributed by atoms with van der Waals surface area (Å²) >= 11 is 6.03. The summed E-state index contributed by atoms with van der Waals surface area (Å²) in [6.07, 6.45) is 4.53. The summed E-state index contributed by atoms with van der Waals surface area (Å²) in [6.45, 7) is 3.01. The molecule has 2 aromatic heterocycles. The number of anilines is 1. The Hall–Kier alpha value is -1.73. The first-order chi connectivity index (χ1) is 10.2. The van der Waals surface area contributed by atoms with Gasteiger partial charge in [-0.2, -0.15) is 9.97 Å². The largest absolute Gasteiger partial charge is 0.341 e. The van der Waals surface area contributed by atoms with E-state index in [9.17, 15) is 4.79 Å². The highest BCUT2D eigenvalue weighted by atomic mass is 35.5. The van der Waals surface area contributed by atoms with Gasteiger partial charge < -0.3 is 10.3 Å². The minimum Gasteiger partial charge on any atom is -0.341 e. The zero-order valence-corrected chi connectivity index (χ0v) is 12.4. The van der Waals surface area contributed by atoms with Gasteiger partial charge in [0.1, 0.15) is 5.52 Å². The monoisotopic (exact) mass is 308 g/mol.